The lowest BCUT2D eigenvalue weighted by atomic mass is 10.1. The standard InChI is InChI=1S/C18H17ClN4O2S/c1-11(2)23-10-15(12-6-16(19)17(8-20)21-9-12)14-5-4-13(7-18(14)23)22-26(3,24)25/h4-7,9-11,22H,1-3H3. The summed E-state index contributed by atoms with van der Waals surface area (Å²) in [6.45, 7) is 4.09. The number of rotatable bonds is 4. The minimum absolute atomic E-state index is 0.168. The zero-order chi connectivity index (χ0) is 19.1. The van der Waals surface area contributed by atoms with Crippen LogP contribution in [0.5, 0.6) is 0 Å². The highest BCUT2D eigenvalue weighted by molar-refractivity contribution is 7.92. The van der Waals surface area contributed by atoms with Gasteiger partial charge >= 0.3 is 0 Å². The van der Waals surface area contributed by atoms with Gasteiger partial charge in [-0.25, -0.2) is 13.4 Å². The Kier molecular flexibility index (Phi) is 4.65. The molecule has 0 spiro atoms. The topological polar surface area (TPSA) is 87.8 Å². The van der Waals surface area contributed by atoms with Gasteiger partial charge in [-0.15, -0.1) is 0 Å². The molecular weight excluding hydrogens is 372 g/mol. The average molecular weight is 389 g/mol. The summed E-state index contributed by atoms with van der Waals surface area (Å²) in [5.41, 5.74) is 3.29. The Bertz CT molecular complexity index is 1140. The van der Waals surface area contributed by atoms with Crippen molar-refractivity contribution < 1.29 is 8.42 Å². The van der Waals surface area contributed by atoms with Crippen LogP contribution in [0.2, 0.25) is 5.02 Å². The lowest BCUT2D eigenvalue weighted by Gasteiger charge is -2.10. The minimum atomic E-state index is -3.35. The fourth-order valence-electron chi connectivity index (χ4n) is 2.85. The predicted molar refractivity (Wildman–Crippen MR) is 104 cm³/mol. The number of fused-ring (bicyclic) bond motifs is 1. The third kappa shape index (κ3) is 3.52. The number of hydrogen-bond acceptors (Lipinski definition) is 4. The molecular formula is C18H17ClN4O2S. The van der Waals surface area contributed by atoms with Crippen LogP contribution in [0.3, 0.4) is 0 Å². The van der Waals surface area contributed by atoms with Crippen LogP contribution in [0.1, 0.15) is 25.6 Å². The van der Waals surface area contributed by atoms with E-state index in [1.165, 1.54) is 0 Å². The Morgan fingerprint density at radius 1 is 1.31 bits per heavy atom. The molecule has 0 bridgehead atoms. The molecule has 0 amide bonds. The molecule has 0 aliphatic rings. The van der Waals surface area contributed by atoms with Crippen molar-refractivity contribution in [3.63, 3.8) is 0 Å². The molecule has 0 radical (unpaired) electrons. The first-order valence-electron chi connectivity index (χ1n) is 7.88. The van der Waals surface area contributed by atoms with Crippen molar-refractivity contribution in [3.8, 4) is 17.2 Å². The maximum absolute atomic E-state index is 11.5. The van der Waals surface area contributed by atoms with Crippen molar-refractivity contribution in [2.45, 2.75) is 19.9 Å². The van der Waals surface area contributed by atoms with E-state index in [9.17, 15) is 8.42 Å². The van der Waals surface area contributed by atoms with E-state index >= 15 is 0 Å². The molecule has 134 valence electrons. The van der Waals surface area contributed by atoms with Crippen LogP contribution < -0.4 is 4.72 Å². The van der Waals surface area contributed by atoms with Gasteiger partial charge in [-0.3, -0.25) is 4.72 Å². The molecule has 2 aromatic heterocycles. The van der Waals surface area contributed by atoms with Gasteiger partial charge in [0.15, 0.2) is 5.69 Å². The van der Waals surface area contributed by atoms with Crippen LogP contribution in [0, 0.1) is 11.3 Å². The van der Waals surface area contributed by atoms with E-state index in [1.807, 2.05) is 32.2 Å². The second kappa shape index (κ2) is 6.63. The second-order valence-corrected chi connectivity index (χ2v) is 8.47. The molecule has 0 unspecified atom stereocenters. The zero-order valence-electron chi connectivity index (χ0n) is 14.5. The smallest absolute Gasteiger partial charge is 0.229 e. The SMILES string of the molecule is CC(C)n1cc(-c2cnc(C#N)c(Cl)c2)c2ccc(NS(C)(=O)=O)cc21. The van der Waals surface area contributed by atoms with E-state index in [0.717, 1.165) is 28.3 Å². The highest BCUT2D eigenvalue weighted by Crippen LogP contribution is 2.35. The maximum Gasteiger partial charge on any atom is 0.229 e. The number of nitriles is 1. The van der Waals surface area contributed by atoms with Gasteiger partial charge in [0, 0.05) is 34.9 Å². The molecule has 0 atom stereocenters. The summed E-state index contributed by atoms with van der Waals surface area (Å²) < 4.78 is 27.6. The zero-order valence-corrected chi connectivity index (χ0v) is 16.1. The van der Waals surface area contributed by atoms with Crippen molar-refractivity contribution in [2.75, 3.05) is 11.0 Å². The van der Waals surface area contributed by atoms with Crippen LogP contribution in [0.25, 0.3) is 22.0 Å². The highest BCUT2D eigenvalue weighted by Gasteiger charge is 2.15. The van der Waals surface area contributed by atoms with Crippen molar-refractivity contribution in [1.29, 1.82) is 5.26 Å². The predicted octanol–water partition coefficient (Wildman–Crippen LogP) is 4.18. The molecule has 3 rings (SSSR count). The molecule has 26 heavy (non-hydrogen) atoms. The molecule has 0 saturated carbocycles. The van der Waals surface area contributed by atoms with Gasteiger partial charge in [0.2, 0.25) is 10.0 Å². The summed E-state index contributed by atoms with van der Waals surface area (Å²) in [5.74, 6) is 0. The lowest BCUT2D eigenvalue weighted by Crippen LogP contribution is -2.09. The van der Waals surface area contributed by atoms with Crippen LogP contribution in [0.15, 0.2) is 36.7 Å². The fourth-order valence-corrected chi connectivity index (χ4v) is 3.62. The molecule has 1 N–H and O–H groups in total. The molecule has 8 heteroatoms. The van der Waals surface area contributed by atoms with Crippen molar-refractivity contribution in [2.24, 2.45) is 0 Å². The van der Waals surface area contributed by atoms with Crippen molar-refractivity contribution in [1.82, 2.24) is 9.55 Å². The Hall–Kier alpha value is -2.56. The Morgan fingerprint density at radius 3 is 2.62 bits per heavy atom. The summed E-state index contributed by atoms with van der Waals surface area (Å²) in [4.78, 5) is 4.11. The number of hydrogen-bond donors (Lipinski definition) is 1. The summed E-state index contributed by atoms with van der Waals surface area (Å²) in [6, 6.07) is 9.22. The van der Waals surface area contributed by atoms with Gasteiger partial charge in [0.25, 0.3) is 0 Å². The third-order valence-electron chi connectivity index (χ3n) is 3.95. The average Bonchev–Trinajstić information content (AvgIpc) is 2.92. The van der Waals surface area contributed by atoms with Gasteiger partial charge in [0.1, 0.15) is 6.07 Å². The Morgan fingerprint density at radius 2 is 2.04 bits per heavy atom. The van der Waals surface area contributed by atoms with Gasteiger partial charge in [-0.1, -0.05) is 17.7 Å². The molecule has 3 aromatic rings. The quantitative estimate of drug-likeness (QED) is 0.726. The number of halogens is 1. The summed E-state index contributed by atoms with van der Waals surface area (Å²) in [5, 5.41) is 10.2. The number of sulfonamides is 1. The molecule has 2 heterocycles. The Balaban J connectivity index is 2.21. The van der Waals surface area contributed by atoms with E-state index in [4.69, 9.17) is 16.9 Å². The lowest BCUT2D eigenvalue weighted by molar-refractivity contribution is 0.607. The van der Waals surface area contributed by atoms with E-state index in [2.05, 4.69) is 14.3 Å². The van der Waals surface area contributed by atoms with E-state index in [-0.39, 0.29) is 11.7 Å². The van der Waals surface area contributed by atoms with E-state index in [1.54, 1.807) is 24.4 Å². The Labute approximate surface area is 157 Å². The van der Waals surface area contributed by atoms with Gasteiger partial charge in [-0.05, 0) is 32.0 Å². The first-order chi connectivity index (χ1) is 12.2. The monoisotopic (exact) mass is 388 g/mol. The van der Waals surface area contributed by atoms with E-state index in [0.29, 0.717) is 10.7 Å². The molecule has 0 aliphatic heterocycles. The van der Waals surface area contributed by atoms with Gasteiger partial charge in [0.05, 0.1) is 22.5 Å². The summed E-state index contributed by atoms with van der Waals surface area (Å²) in [6.07, 6.45) is 4.72. The molecule has 0 aliphatic carbocycles. The number of anilines is 1. The van der Waals surface area contributed by atoms with Crippen LogP contribution >= 0.6 is 11.6 Å². The number of nitrogens with zero attached hydrogens (tertiary/aromatic N) is 3. The summed E-state index contributed by atoms with van der Waals surface area (Å²) >= 11 is 6.13. The third-order valence-corrected chi connectivity index (χ3v) is 4.85. The normalized spacial score (nSPS) is 11.7. The number of pyridine rings is 1. The van der Waals surface area contributed by atoms with Crippen LogP contribution in [-0.4, -0.2) is 24.2 Å². The van der Waals surface area contributed by atoms with Crippen LogP contribution in [0.4, 0.5) is 5.69 Å². The van der Waals surface area contributed by atoms with E-state index < -0.39 is 10.0 Å². The van der Waals surface area contributed by atoms with Gasteiger partial charge in [-0.2, -0.15) is 5.26 Å². The highest BCUT2D eigenvalue weighted by atomic mass is 35.5. The minimum Gasteiger partial charge on any atom is -0.344 e. The first-order valence-corrected chi connectivity index (χ1v) is 10.1. The van der Waals surface area contributed by atoms with Crippen molar-refractivity contribution in [3.05, 3.63) is 47.4 Å². The summed E-state index contributed by atoms with van der Waals surface area (Å²) in [7, 11) is -3.35. The number of benzene rings is 1. The molecule has 1 aromatic carbocycles. The van der Waals surface area contributed by atoms with Gasteiger partial charge < -0.3 is 4.57 Å². The van der Waals surface area contributed by atoms with Crippen molar-refractivity contribution >= 4 is 38.2 Å². The van der Waals surface area contributed by atoms with Crippen LogP contribution in [-0.2, 0) is 10.0 Å². The molecule has 0 saturated heterocycles. The first kappa shape index (κ1) is 18.2. The number of nitrogens with one attached hydrogen (secondary N) is 1. The maximum atomic E-state index is 11.5. The number of aromatic nitrogens is 2. The molecule has 6 nitrogen and oxygen atoms in total. The second-order valence-electron chi connectivity index (χ2n) is 6.32. The fraction of sp³-hybridized carbons (Fsp3) is 0.222. The largest absolute Gasteiger partial charge is 0.344 e. The molecule has 0 fully saturated rings.